The van der Waals surface area contributed by atoms with Gasteiger partial charge in [0.1, 0.15) is 5.00 Å². The molecule has 0 fully saturated rings. The standard InChI is InChI=1S/C24H28F3N3O4S/c1-5-34-24(33)19-14-7-6-12(2)10-17(14)35-23(19)29-22(32)13(3)30(4)11-18(31)28-16-9-8-15(25)20(26)21(16)27/h8-9,12-13H,5-7,10-11H2,1-4H3,(H,28,31)(H,29,32)/t12-,13-/m0/s1. The summed E-state index contributed by atoms with van der Waals surface area (Å²) in [5.74, 6) is -5.73. The molecule has 1 aliphatic carbocycles. The lowest BCUT2D eigenvalue weighted by molar-refractivity contribution is -0.122. The SMILES string of the molecule is CCOC(=O)c1c(NC(=O)[C@H](C)N(C)CC(=O)Nc2ccc(F)c(F)c2F)sc2c1CC[C@H](C)C2. The van der Waals surface area contributed by atoms with Crippen molar-refractivity contribution < 1.29 is 32.3 Å². The second-order valence-corrected chi connectivity index (χ2v) is 9.73. The maximum absolute atomic E-state index is 13.8. The molecule has 0 bridgehead atoms. The van der Waals surface area contributed by atoms with E-state index in [-0.39, 0.29) is 13.2 Å². The van der Waals surface area contributed by atoms with Crippen LogP contribution in [0.25, 0.3) is 0 Å². The molecule has 0 saturated heterocycles. The first-order valence-corrected chi connectivity index (χ1v) is 12.1. The summed E-state index contributed by atoms with van der Waals surface area (Å²) < 4.78 is 45.5. The van der Waals surface area contributed by atoms with Crippen LogP contribution in [0.4, 0.5) is 23.9 Å². The predicted molar refractivity (Wildman–Crippen MR) is 127 cm³/mol. The molecule has 0 aliphatic heterocycles. The first-order chi connectivity index (χ1) is 16.5. The van der Waals surface area contributed by atoms with Gasteiger partial charge in [-0.1, -0.05) is 6.92 Å². The van der Waals surface area contributed by atoms with Crippen LogP contribution in [-0.4, -0.2) is 48.9 Å². The van der Waals surface area contributed by atoms with E-state index in [4.69, 9.17) is 4.74 Å². The van der Waals surface area contributed by atoms with E-state index < -0.39 is 47.0 Å². The number of anilines is 2. The number of nitrogens with zero attached hydrogens (tertiary/aromatic N) is 1. The Morgan fingerprint density at radius 1 is 1.20 bits per heavy atom. The molecule has 7 nitrogen and oxygen atoms in total. The fourth-order valence-electron chi connectivity index (χ4n) is 3.85. The van der Waals surface area contributed by atoms with Crippen LogP contribution < -0.4 is 10.6 Å². The fourth-order valence-corrected chi connectivity index (χ4v) is 5.25. The van der Waals surface area contributed by atoms with Crippen molar-refractivity contribution in [2.75, 3.05) is 30.8 Å². The summed E-state index contributed by atoms with van der Waals surface area (Å²) >= 11 is 1.36. The number of rotatable bonds is 8. The zero-order valence-corrected chi connectivity index (χ0v) is 20.8. The number of esters is 1. The molecule has 1 aromatic heterocycles. The Bertz CT molecular complexity index is 1140. The molecule has 1 heterocycles. The number of nitrogens with one attached hydrogen (secondary N) is 2. The van der Waals surface area contributed by atoms with Gasteiger partial charge in [-0.3, -0.25) is 14.5 Å². The normalized spacial score (nSPS) is 15.9. The van der Waals surface area contributed by atoms with Crippen LogP contribution >= 0.6 is 11.3 Å². The van der Waals surface area contributed by atoms with Gasteiger partial charge in [-0.25, -0.2) is 18.0 Å². The number of carbonyl (C=O) groups is 3. The van der Waals surface area contributed by atoms with Crippen molar-refractivity contribution >= 4 is 39.8 Å². The van der Waals surface area contributed by atoms with Crippen LogP contribution in [0, 0.1) is 23.4 Å². The highest BCUT2D eigenvalue weighted by Gasteiger charge is 2.30. The Morgan fingerprint density at radius 3 is 2.60 bits per heavy atom. The van der Waals surface area contributed by atoms with Gasteiger partial charge in [0.25, 0.3) is 0 Å². The van der Waals surface area contributed by atoms with E-state index in [9.17, 15) is 27.6 Å². The first-order valence-electron chi connectivity index (χ1n) is 11.3. The van der Waals surface area contributed by atoms with Crippen LogP contribution in [0.15, 0.2) is 12.1 Å². The topological polar surface area (TPSA) is 87.7 Å². The number of carbonyl (C=O) groups excluding carboxylic acids is 3. The predicted octanol–water partition coefficient (Wildman–Crippen LogP) is 4.36. The lowest BCUT2D eigenvalue weighted by Crippen LogP contribution is -2.43. The number of hydrogen-bond acceptors (Lipinski definition) is 6. The molecule has 0 radical (unpaired) electrons. The third kappa shape index (κ3) is 6.02. The molecule has 1 aromatic carbocycles. The van der Waals surface area contributed by atoms with Gasteiger partial charge in [0, 0.05) is 4.88 Å². The van der Waals surface area contributed by atoms with Crippen molar-refractivity contribution in [3.63, 3.8) is 0 Å². The van der Waals surface area contributed by atoms with Crippen LogP contribution in [0.5, 0.6) is 0 Å². The second-order valence-electron chi connectivity index (χ2n) is 8.63. The maximum atomic E-state index is 13.8. The van der Waals surface area contributed by atoms with Crippen molar-refractivity contribution in [3.8, 4) is 0 Å². The monoisotopic (exact) mass is 511 g/mol. The highest BCUT2D eigenvalue weighted by molar-refractivity contribution is 7.17. The molecule has 2 amide bonds. The number of hydrogen-bond donors (Lipinski definition) is 2. The number of amides is 2. The van der Waals surface area contributed by atoms with Gasteiger partial charge >= 0.3 is 5.97 Å². The summed E-state index contributed by atoms with van der Waals surface area (Å²) in [6.45, 7) is 5.31. The van der Waals surface area contributed by atoms with Gasteiger partial charge in [0.05, 0.1) is 30.4 Å². The van der Waals surface area contributed by atoms with E-state index in [2.05, 4.69) is 17.6 Å². The van der Waals surface area contributed by atoms with Crippen molar-refractivity contribution in [1.82, 2.24) is 4.90 Å². The summed E-state index contributed by atoms with van der Waals surface area (Å²) in [4.78, 5) is 40.4. The van der Waals surface area contributed by atoms with Crippen molar-refractivity contribution in [2.24, 2.45) is 5.92 Å². The van der Waals surface area contributed by atoms with Gasteiger partial charge in [-0.05, 0) is 63.8 Å². The van der Waals surface area contributed by atoms with Crippen LogP contribution in [0.1, 0.15) is 48.0 Å². The molecule has 190 valence electrons. The zero-order chi connectivity index (χ0) is 25.9. The smallest absolute Gasteiger partial charge is 0.341 e. The highest BCUT2D eigenvalue weighted by Crippen LogP contribution is 2.40. The zero-order valence-electron chi connectivity index (χ0n) is 20.0. The molecular weight excluding hydrogens is 483 g/mol. The molecule has 2 aromatic rings. The first kappa shape index (κ1) is 26.7. The van der Waals surface area contributed by atoms with Crippen molar-refractivity contribution in [3.05, 3.63) is 45.6 Å². The van der Waals surface area contributed by atoms with Gasteiger partial charge in [-0.15, -0.1) is 11.3 Å². The molecule has 35 heavy (non-hydrogen) atoms. The van der Waals surface area contributed by atoms with Crippen molar-refractivity contribution in [2.45, 2.75) is 46.1 Å². The Balaban J connectivity index is 1.69. The van der Waals surface area contributed by atoms with Crippen LogP contribution in [-0.2, 0) is 27.2 Å². The number of ether oxygens (including phenoxy) is 1. The Morgan fingerprint density at radius 2 is 1.91 bits per heavy atom. The largest absolute Gasteiger partial charge is 0.462 e. The average molecular weight is 512 g/mol. The fraction of sp³-hybridized carbons (Fsp3) is 0.458. The van der Waals surface area contributed by atoms with Gasteiger partial charge in [0.15, 0.2) is 17.5 Å². The molecule has 3 rings (SSSR count). The molecule has 0 unspecified atom stereocenters. The van der Waals surface area contributed by atoms with E-state index in [1.54, 1.807) is 13.8 Å². The molecule has 2 N–H and O–H groups in total. The van der Waals surface area contributed by atoms with Gasteiger partial charge < -0.3 is 15.4 Å². The third-order valence-electron chi connectivity index (χ3n) is 5.97. The second kappa shape index (κ2) is 11.2. The van der Waals surface area contributed by atoms with E-state index in [0.29, 0.717) is 22.5 Å². The number of fused-ring (bicyclic) bond motifs is 1. The molecule has 0 saturated carbocycles. The van der Waals surface area contributed by atoms with E-state index in [0.717, 1.165) is 35.8 Å². The summed E-state index contributed by atoms with van der Waals surface area (Å²) in [6.07, 6.45) is 2.49. The van der Waals surface area contributed by atoms with Crippen LogP contribution in [0.3, 0.4) is 0 Å². The lowest BCUT2D eigenvalue weighted by atomic mass is 9.88. The van der Waals surface area contributed by atoms with E-state index in [1.807, 2.05) is 0 Å². The molecular formula is C24H28F3N3O4S. The van der Waals surface area contributed by atoms with Crippen LogP contribution in [0.2, 0.25) is 0 Å². The Labute approximate surface area is 205 Å². The average Bonchev–Trinajstić information content (AvgIpc) is 3.15. The summed E-state index contributed by atoms with van der Waals surface area (Å²) in [5, 5.41) is 5.39. The number of benzene rings is 1. The minimum absolute atomic E-state index is 0.208. The molecule has 0 spiro atoms. The minimum atomic E-state index is -1.69. The maximum Gasteiger partial charge on any atom is 0.341 e. The molecule has 1 aliphatic rings. The Kier molecular flexibility index (Phi) is 8.55. The van der Waals surface area contributed by atoms with Gasteiger partial charge in [-0.2, -0.15) is 0 Å². The van der Waals surface area contributed by atoms with Crippen molar-refractivity contribution in [1.29, 1.82) is 0 Å². The number of halogens is 3. The highest BCUT2D eigenvalue weighted by atomic mass is 32.1. The Hall–Kier alpha value is -2.92. The minimum Gasteiger partial charge on any atom is -0.462 e. The quantitative estimate of drug-likeness (QED) is 0.406. The van der Waals surface area contributed by atoms with E-state index >= 15 is 0 Å². The molecule has 2 atom stereocenters. The third-order valence-corrected chi connectivity index (χ3v) is 7.14. The summed E-state index contributed by atoms with van der Waals surface area (Å²) in [6, 6.07) is 0.817. The lowest BCUT2D eigenvalue weighted by Gasteiger charge is -2.23. The number of thiophene rings is 1. The van der Waals surface area contributed by atoms with E-state index in [1.165, 1.54) is 23.3 Å². The molecule has 11 heteroatoms. The van der Waals surface area contributed by atoms with Gasteiger partial charge in [0.2, 0.25) is 11.8 Å². The number of likely N-dealkylation sites (N-methyl/N-ethyl adjacent to an activating group) is 1. The summed E-state index contributed by atoms with van der Waals surface area (Å²) in [5.41, 5.74) is 0.793. The summed E-state index contributed by atoms with van der Waals surface area (Å²) in [7, 11) is 1.51.